The van der Waals surface area contributed by atoms with Gasteiger partial charge in [-0.05, 0) is 107 Å². The van der Waals surface area contributed by atoms with E-state index in [4.69, 9.17) is 104 Å². The Hall–Kier alpha value is -8.28. The Morgan fingerprint density at radius 1 is 0.527 bits per heavy atom. The molecule has 1 amide bonds. The molecule has 6 N–H and O–H groups in total. The van der Waals surface area contributed by atoms with E-state index in [1.165, 1.54) is 11.6 Å². The van der Waals surface area contributed by atoms with Crippen LogP contribution < -0.4 is 39.5 Å². The van der Waals surface area contributed by atoms with Crippen molar-refractivity contribution in [1.82, 2.24) is 30.6 Å². The first-order valence-corrected chi connectivity index (χ1v) is 31.2. The number of fused-ring (bicyclic) bond motifs is 3. The summed E-state index contributed by atoms with van der Waals surface area (Å²) in [5.41, 5.74) is 21.1. The van der Waals surface area contributed by atoms with Crippen LogP contribution in [-0.2, 0) is 43.3 Å². The number of aromatic nitrogens is 6. The smallest absolute Gasteiger partial charge is 0.300 e. The second kappa shape index (κ2) is 28.9. The zero-order chi connectivity index (χ0) is 64.8. The van der Waals surface area contributed by atoms with Crippen molar-refractivity contribution >= 4 is 92.6 Å². The number of methoxy groups -OCH3 is 6. The van der Waals surface area contributed by atoms with Crippen LogP contribution in [0.4, 0.5) is 17.1 Å². The first-order valence-electron chi connectivity index (χ1n) is 28.9. The number of aromatic amines is 3. The Morgan fingerprint density at radius 2 is 0.857 bits per heavy atom. The Kier molecular flexibility index (Phi) is 20.9. The summed E-state index contributed by atoms with van der Waals surface area (Å²) in [4.78, 5) is 23.1. The Balaban J connectivity index is 0.000000150. The van der Waals surface area contributed by atoms with E-state index >= 15 is 0 Å². The van der Waals surface area contributed by atoms with E-state index in [0.29, 0.717) is 101 Å². The van der Waals surface area contributed by atoms with Crippen LogP contribution >= 0.6 is 69.6 Å². The second-order valence-corrected chi connectivity index (χ2v) is 23.9. The molecule has 12 rings (SSSR count). The minimum absolute atomic E-state index is 0.0283. The molecule has 18 nitrogen and oxygen atoms in total. The van der Waals surface area contributed by atoms with E-state index in [9.17, 15) is 14.9 Å². The summed E-state index contributed by atoms with van der Waals surface area (Å²) in [6, 6.07) is 27.1. The standard InChI is InChI=1S/C25H23Cl2N3O3.C21H19Cl2N3O4.C21H21Cl2N3O2/c1-4-7-21(31)28-17-9-6-5-8-15(17)25-16-11-10-14(12-18(16)29-30-25)22-23(26)19(32-2)13-20(33-3)24(22)27;1-29-16-10-17(30-2)20(23)18(19(16)22)11-7-8-12-14(9-11)24-25-21(12)13-5-3-4-6-15(13)26(27)28;1-27-16-10-17(28-2)20(23)18(19(16)22)11-7-8-13-15(9-11)25-26-21(13)12-5-3-4-6-14(12)24/h5-6,8-9,13-14H,10-12H2,1-3H3,(H,28,31)(H,29,30);3-6,10-11H,7-9H2,1-2H3,(H,24,25);3-6,10-11H,7-9,24H2,1-2H3,(H,25,26). The predicted octanol–water partition coefficient (Wildman–Crippen LogP) is 16.5. The maximum atomic E-state index is 12.0. The molecule has 0 radical (unpaired) electrons. The first kappa shape index (κ1) is 65.7. The number of nitrogen functional groups attached to an aromatic ring is 1. The van der Waals surface area contributed by atoms with Gasteiger partial charge in [0.05, 0.1) is 100 Å². The fraction of sp³-hybridized carbons (Fsp3) is 0.284. The lowest BCUT2D eigenvalue weighted by atomic mass is 9.81. The molecule has 91 heavy (non-hydrogen) atoms. The van der Waals surface area contributed by atoms with E-state index in [0.717, 1.165) is 112 Å². The predicted molar refractivity (Wildman–Crippen MR) is 358 cm³/mol. The fourth-order valence-electron chi connectivity index (χ4n) is 12.3. The summed E-state index contributed by atoms with van der Waals surface area (Å²) in [5.74, 6) is 8.20. The highest BCUT2D eigenvalue weighted by Gasteiger charge is 2.35. The summed E-state index contributed by atoms with van der Waals surface area (Å²) in [6.45, 7) is 1.63. The van der Waals surface area contributed by atoms with Crippen LogP contribution in [0.15, 0.2) is 91.0 Å². The Bertz CT molecular complexity index is 4210. The summed E-state index contributed by atoms with van der Waals surface area (Å²) in [5, 5.41) is 40.3. The molecule has 3 atom stereocenters. The summed E-state index contributed by atoms with van der Waals surface area (Å²) < 4.78 is 32.5. The second-order valence-electron chi connectivity index (χ2n) is 21.6. The Morgan fingerprint density at radius 3 is 1.22 bits per heavy atom. The SMILES string of the molecule is CC#CC(=O)Nc1ccccc1-c1n[nH]c2c1CCC(c1c(Cl)c(OC)cc(OC)c1Cl)C2.COc1cc(OC)c(Cl)c(C2CCc3c(-c4ccccc4N)n[nH]c3C2)c1Cl.COc1cc(OC)c(Cl)c(C2CCc3c(-c4ccccc4[N+](=O)[O-])n[nH]c3C2)c1Cl. The number of ether oxygens (including phenoxy) is 6. The molecular weight excluding hydrogens is 1290 g/mol. The number of amides is 1. The molecule has 3 unspecified atom stereocenters. The third-order valence-corrected chi connectivity index (χ3v) is 19.1. The molecule has 3 aliphatic carbocycles. The number of nitro groups is 1. The number of carbonyl (C=O) groups excluding carboxylic acids is 1. The summed E-state index contributed by atoms with van der Waals surface area (Å²) >= 11 is 39.7. The molecule has 0 bridgehead atoms. The highest BCUT2D eigenvalue weighted by atomic mass is 35.5. The highest BCUT2D eigenvalue weighted by molar-refractivity contribution is 6.39. The largest absolute Gasteiger partial charge is 0.495 e. The zero-order valence-electron chi connectivity index (χ0n) is 50.6. The molecule has 0 saturated carbocycles. The minimum Gasteiger partial charge on any atom is -0.495 e. The lowest BCUT2D eigenvalue weighted by Crippen LogP contribution is -2.14. The van der Waals surface area contributed by atoms with Gasteiger partial charge in [0.25, 0.3) is 11.6 Å². The molecule has 3 aliphatic rings. The number of carbonyl (C=O) groups is 1. The molecule has 6 aromatic carbocycles. The number of rotatable bonds is 14. The number of para-hydroxylation sites is 3. The first-order chi connectivity index (χ1) is 44.0. The van der Waals surface area contributed by atoms with Gasteiger partial charge in [-0.15, -0.1) is 0 Å². The molecule has 0 saturated heterocycles. The van der Waals surface area contributed by atoms with Crippen molar-refractivity contribution < 1.29 is 38.1 Å². The van der Waals surface area contributed by atoms with Gasteiger partial charge in [0.1, 0.15) is 40.2 Å². The van der Waals surface area contributed by atoms with Crippen molar-refractivity contribution in [3.8, 4) is 80.1 Å². The van der Waals surface area contributed by atoms with Gasteiger partial charge in [0.15, 0.2) is 0 Å². The number of hydrogen-bond acceptors (Lipinski definition) is 13. The Labute approximate surface area is 555 Å². The number of nitrogens with two attached hydrogens (primary N) is 1. The molecule has 0 fully saturated rings. The van der Waals surface area contributed by atoms with E-state index in [1.54, 1.807) is 86.0 Å². The lowest BCUT2D eigenvalue weighted by Gasteiger charge is -2.26. The van der Waals surface area contributed by atoms with E-state index in [-0.39, 0.29) is 34.3 Å². The van der Waals surface area contributed by atoms with Crippen molar-refractivity contribution in [2.75, 3.05) is 53.7 Å². The van der Waals surface area contributed by atoms with Crippen molar-refractivity contribution in [3.05, 3.63) is 182 Å². The lowest BCUT2D eigenvalue weighted by molar-refractivity contribution is -0.384. The van der Waals surface area contributed by atoms with Crippen LogP contribution in [0.25, 0.3) is 33.8 Å². The molecule has 3 heterocycles. The van der Waals surface area contributed by atoms with Gasteiger partial charge in [-0.1, -0.05) is 124 Å². The maximum Gasteiger partial charge on any atom is 0.300 e. The van der Waals surface area contributed by atoms with Gasteiger partial charge in [0.2, 0.25) is 0 Å². The highest BCUT2D eigenvalue weighted by Crippen LogP contribution is 2.52. The van der Waals surface area contributed by atoms with Crippen molar-refractivity contribution in [1.29, 1.82) is 0 Å². The van der Waals surface area contributed by atoms with Gasteiger partial charge in [-0.3, -0.25) is 30.2 Å². The van der Waals surface area contributed by atoms with Crippen LogP contribution in [-0.4, -0.2) is 84.1 Å². The summed E-state index contributed by atoms with van der Waals surface area (Å²) in [6.07, 6.45) is 6.85. The van der Waals surface area contributed by atoms with Gasteiger partial charge >= 0.3 is 0 Å². The average Bonchev–Trinajstić information content (AvgIpc) is 1.78. The molecule has 3 aromatic heterocycles. The third-order valence-electron chi connectivity index (χ3n) is 16.7. The number of anilines is 2. The molecule has 24 heteroatoms. The van der Waals surface area contributed by atoms with Crippen LogP contribution in [0.3, 0.4) is 0 Å². The van der Waals surface area contributed by atoms with Gasteiger partial charge < -0.3 is 39.5 Å². The maximum absolute atomic E-state index is 12.0. The average molecular weight is 1350 g/mol. The summed E-state index contributed by atoms with van der Waals surface area (Å²) in [7, 11) is 9.41. The topological polar surface area (TPSA) is 240 Å². The number of hydrogen-bond donors (Lipinski definition) is 5. The number of nitrogens with one attached hydrogen (secondary N) is 4. The third kappa shape index (κ3) is 13.3. The van der Waals surface area contributed by atoms with Gasteiger partial charge in [0, 0.05) is 91.5 Å². The van der Waals surface area contributed by atoms with Crippen molar-refractivity contribution in [2.45, 2.75) is 82.5 Å². The van der Waals surface area contributed by atoms with Crippen LogP contribution in [0.5, 0.6) is 34.5 Å². The van der Waals surface area contributed by atoms with Crippen LogP contribution in [0.2, 0.25) is 30.1 Å². The zero-order valence-corrected chi connectivity index (χ0v) is 55.1. The van der Waals surface area contributed by atoms with Crippen molar-refractivity contribution in [3.63, 3.8) is 0 Å². The number of nitro benzene ring substituents is 1. The van der Waals surface area contributed by atoms with Crippen LogP contribution in [0, 0.1) is 22.0 Å². The molecular formula is C67H63Cl6N9O9. The molecule has 0 aliphatic heterocycles. The van der Waals surface area contributed by atoms with Crippen LogP contribution in [0.1, 0.15) is 94.4 Å². The fourth-order valence-corrected chi connectivity index (χ4v) is 14.8. The normalized spacial score (nSPS) is 15.3. The molecule has 0 spiro atoms. The number of nitrogens with zero attached hydrogens (tertiary/aromatic N) is 4. The number of benzene rings is 6. The minimum atomic E-state index is -0.385. The number of halogens is 6. The van der Waals surface area contributed by atoms with E-state index in [1.807, 2.05) is 48.5 Å². The van der Waals surface area contributed by atoms with E-state index in [2.05, 4.69) is 47.7 Å². The monoisotopic (exact) mass is 1350 g/mol. The van der Waals surface area contributed by atoms with E-state index < -0.39 is 0 Å². The van der Waals surface area contributed by atoms with Gasteiger partial charge in [-0.25, -0.2) is 0 Å². The molecule has 9 aromatic rings. The quantitative estimate of drug-likeness (QED) is 0.0295. The van der Waals surface area contributed by atoms with Gasteiger partial charge in [-0.2, -0.15) is 15.3 Å². The van der Waals surface area contributed by atoms with Crippen molar-refractivity contribution in [2.24, 2.45) is 0 Å². The molecule has 472 valence electrons. The number of H-pyrrole nitrogens is 3.